The number of benzene rings is 3. The Morgan fingerprint density at radius 3 is 2.41 bits per heavy atom. The highest BCUT2D eigenvalue weighted by Crippen LogP contribution is 2.25. The van der Waals surface area contributed by atoms with Crippen molar-refractivity contribution in [1.82, 2.24) is 0 Å². The van der Waals surface area contributed by atoms with Gasteiger partial charge < -0.3 is 9.47 Å². The number of hydrogen-bond acceptors (Lipinski definition) is 4. The molecular formula is C27H24ClNO3. The Morgan fingerprint density at radius 2 is 1.72 bits per heavy atom. The third kappa shape index (κ3) is 5.27. The second-order valence-corrected chi connectivity index (χ2v) is 9.09. The van der Waals surface area contributed by atoms with Gasteiger partial charge in [-0.2, -0.15) is 0 Å². The van der Waals surface area contributed by atoms with E-state index < -0.39 is 5.97 Å². The highest BCUT2D eigenvalue weighted by Gasteiger charge is 2.24. The zero-order chi connectivity index (χ0) is 22.7. The van der Waals surface area contributed by atoms with Crippen LogP contribution in [-0.4, -0.2) is 11.9 Å². The highest BCUT2D eigenvalue weighted by molar-refractivity contribution is 6.30. The van der Waals surface area contributed by atoms with Crippen LogP contribution in [0.3, 0.4) is 0 Å². The van der Waals surface area contributed by atoms with Crippen molar-refractivity contribution < 1.29 is 14.3 Å². The molecule has 3 aromatic carbocycles. The quantitative estimate of drug-likeness (QED) is 0.330. The van der Waals surface area contributed by atoms with Crippen LogP contribution in [0.5, 0.6) is 5.75 Å². The summed E-state index contributed by atoms with van der Waals surface area (Å²) in [5, 5.41) is 0.691. The Labute approximate surface area is 193 Å². The van der Waals surface area contributed by atoms with E-state index in [0.29, 0.717) is 23.3 Å². The molecule has 32 heavy (non-hydrogen) atoms. The summed E-state index contributed by atoms with van der Waals surface area (Å²) in [5.74, 6) is 0.548. The normalized spacial score (nSPS) is 14.9. The number of nitrogens with zero attached hydrogens (tertiary/aromatic N) is 1. The molecule has 0 atom stereocenters. The number of carbonyl (C=O) groups excluding carboxylic acids is 1. The lowest BCUT2D eigenvalue weighted by atomic mass is 9.87. The summed E-state index contributed by atoms with van der Waals surface area (Å²) in [4.78, 5) is 16.8. The predicted molar refractivity (Wildman–Crippen MR) is 128 cm³/mol. The van der Waals surface area contributed by atoms with E-state index in [0.717, 1.165) is 16.7 Å². The van der Waals surface area contributed by atoms with Gasteiger partial charge >= 0.3 is 5.97 Å². The van der Waals surface area contributed by atoms with Crippen molar-refractivity contribution in [2.24, 2.45) is 4.99 Å². The molecule has 0 spiro atoms. The number of esters is 1. The van der Waals surface area contributed by atoms with E-state index in [4.69, 9.17) is 21.1 Å². The molecule has 4 nitrogen and oxygen atoms in total. The Morgan fingerprint density at radius 1 is 1.00 bits per heavy atom. The number of aliphatic imine (C=N–C) groups is 1. The maximum absolute atomic E-state index is 12.4. The summed E-state index contributed by atoms with van der Waals surface area (Å²) in [7, 11) is 0. The van der Waals surface area contributed by atoms with E-state index in [1.54, 1.807) is 6.08 Å². The van der Waals surface area contributed by atoms with Gasteiger partial charge in [-0.1, -0.05) is 68.8 Å². The van der Waals surface area contributed by atoms with Gasteiger partial charge in [0, 0.05) is 10.6 Å². The third-order valence-electron chi connectivity index (χ3n) is 5.10. The summed E-state index contributed by atoms with van der Waals surface area (Å²) < 4.78 is 11.3. The molecule has 0 aromatic heterocycles. The lowest BCUT2D eigenvalue weighted by Crippen LogP contribution is -2.11. The molecule has 1 aliphatic rings. The number of ether oxygens (including phenoxy) is 2. The van der Waals surface area contributed by atoms with E-state index >= 15 is 0 Å². The molecule has 0 bridgehead atoms. The second kappa shape index (κ2) is 9.01. The van der Waals surface area contributed by atoms with Crippen LogP contribution in [0, 0.1) is 0 Å². The van der Waals surface area contributed by atoms with E-state index in [1.807, 2.05) is 72.8 Å². The zero-order valence-electron chi connectivity index (χ0n) is 18.3. The minimum absolute atomic E-state index is 0.0540. The zero-order valence-corrected chi connectivity index (χ0v) is 19.0. The lowest BCUT2D eigenvalue weighted by Gasteiger charge is -2.18. The van der Waals surface area contributed by atoms with Crippen LogP contribution in [0.2, 0.25) is 5.02 Å². The van der Waals surface area contributed by atoms with Crippen LogP contribution >= 0.6 is 11.6 Å². The minimum Gasteiger partial charge on any atom is -0.489 e. The first kappa shape index (κ1) is 21.8. The molecule has 0 fully saturated rings. The van der Waals surface area contributed by atoms with Gasteiger partial charge in [0.1, 0.15) is 12.4 Å². The molecule has 5 heteroatoms. The fourth-order valence-corrected chi connectivity index (χ4v) is 3.37. The minimum atomic E-state index is -0.465. The SMILES string of the molecule is CC(C)(C)c1ccc(C2=N/C(=C\c3cccc(OCc4ccc(Cl)cc4)c3)C(=O)O2)cc1. The molecule has 3 aromatic rings. The Balaban J connectivity index is 1.49. The van der Waals surface area contributed by atoms with E-state index in [9.17, 15) is 4.79 Å². The first-order chi connectivity index (χ1) is 15.3. The molecular weight excluding hydrogens is 422 g/mol. The predicted octanol–water partition coefficient (Wildman–Crippen LogP) is 6.56. The van der Waals surface area contributed by atoms with Gasteiger partial charge in [0.05, 0.1) is 0 Å². The Kier molecular flexibility index (Phi) is 6.15. The van der Waals surface area contributed by atoms with Crippen molar-refractivity contribution in [3.05, 3.63) is 106 Å². The summed E-state index contributed by atoms with van der Waals surface area (Å²) in [5.41, 5.74) is 4.11. The van der Waals surface area contributed by atoms with Gasteiger partial charge in [0.2, 0.25) is 5.90 Å². The van der Waals surface area contributed by atoms with E-state index in [-0.39, 0.29) is 11.1 Å². The average Bonchev–Trinajstić information content (AvgIpc) is 3.13. The molecule has 4 rings (SSSR count). The van der Waals surface area contributed by atoms with E-state index in [2.05, 4.69) is 25.8 Å². The van der Waals surface area contributed by atoms with Gasteiger partial charge in [-0.05, 0) is 64.6 Å². The summed E-state index contributed by atoms with van der Waals surface area (Å²) in [6.45, 7) is 6.89. The highest BCUT2D eigenvalue weighted by atomic mass is 35.5. The molecule has 0 saturated carbocycles. The maximum Gasteiger partial charge on any atom is 0.363 e. The number of rotatable bonds is 5. The molecule has 0 N–H and O–H groups in total. The molecule has 1 heterocycles. The van der Waals surface area contributed by atoms with Gasteiger partial charge in [0.15, 0.2) is 5.70 Å². The van der Waals surface area contributed by atoms with Crippen molar-refractivity contribution in [2.45, 2.75) is 32.8 Å². The summed E-state index contributed by atoms with van der Waals surface area (Å²) in [6, 6.07) is 22.9. The summed E-state index contributed by atoms with van der Waals surface area (Å²) >= 11 is 5.92. The number of cyclic esters (lactones) is 1. The van der Waals surface area contributed by atoms with Gasteiger partial charge in [-0.3, -0.25) is 0 Å². The van der Waals surface area contributed by atoms with Crippen LogP contribution < -0.4 is 4.74 Å². The molecule has 0 aliphatic carbocycles. The number of hydrogen-bond donors (Lipinski definition) is 0. The molecule has 1 aliphatic heterocycles. The van der Waals surface area contributed by atoms with E-state index in [1.165, 1.54) is 5.56 Å². The Bertz CT molecular complexity index is 1190. The van der Waals surface area contributed by atoms with Crippen LogP contribution in [-0.2, 0) is 21.6 Å². The van der Waals surface area contributed by atoms with Crippen molar-refractivity contribution >= 4 is 29.5 Å². The first-order valence-corrected chi connectivity index (χ1v) is 10.8. The van der Waals surface area contributed by atoms with Crippen molar-refractivity contribution in [3.63, 3.8) is 0 Å². The van der Waals surface area contributed by atoms with Crippen LogP contribution in [0.25, 0.3) is 6.08 Å². The van der Waals surface area contributed by atoms with Crippen molar-refractivity contribution in [1.29, 1.82) is 0 Å². The van der Waals surface area contributed by atoms with Crippen molar-refractivity contribution in [2.75, 3.05) is 0 Å². The number of halogens is 1. The lowest BCUT2D eigenvalue weighted by molar-refractivity contribution is -0.129. The average molecular weight is 446 g/mol. The van der Waals surface area contributed by atoms with Crippen molar-refractivity contribution in [3.8, 4) is 5.75 Å². The van der Waals surface area contributed by atoms with Crippen LogP contribution in [0.1, 0.15) is 43.0 Å². The smallest absolute Gasteiger partial charge is 0.363 e. The first-order valence-electron chi connectivity index (χ1n) is 10.4. The number of carbonyl (C=O) groups is 1. The van der Waals surface area contributed by atoms with Gasteiger partial charge in [-0.25, -0.2) is 9.79 Å². The Hall–Kier alpha value is -3.37. The third-order valence-corrected chi connectivity index (χ3v) is 5.35. The molecule has 0 saturated heterocycles. The molecule has 0 radical (unpaired) electrons. The molecule has 0 amide bonds. The van der Waals surface area contributed by atoms with Crippen LogP contribution in [0.4, 0.5) is 0 Å². The van der Waals surface area contributed by atoms with Gasteiger partial charge in [-0.15, -0.1) is 0 Å². The monoisotopic (exact) mass is 445 g/mol. The summed E-state index contributed by atoms with van der Waals surface area (Å²) in [6.07, 6.45) is 1.70. The van der Waals surface area contributed by atoms with Gasteiger partial charge in [0.25, 0.3) is 0 Å². The maximum atomic E-state index is 12.4. The standard InChI is InChI=1S/C27H24ClNO3/c1-27(2,3)21-11-9-20(10-12-21)25-29-24(26(30)32-25)16-19-5-4-6-23(15-19)31-17-18-7-13-22(28)14-8-18/h4-16H,17H2,1-3H3/b24-16-. The van der Waals surface area contributed by atoms with Crippen LogP contribution in [0.15, 0.2) is 83.5 Å². The molecule has 0 unspecified atom stereocenters. The second-order valence-electron chi connectivity index (χ2n) is 8.65. The topological polar surface area (TPSA) is 47.9 Å². The fraction of sp³-hybridized carbons (Fsp3) is 0.185. The largest absolute Gasteiger partial charge is 0.489 e. The fourth-order valence-electron chi connectivity index (χ4n) is 3.24. The molecule has 162 valence electrons.